The highest BCUT2D eigenvalue weighted by atomic mass is 19.1. The van der Waals surface area contributed by atoms with Crippen LogP contribution in [0, 0.1) is 12.7 Å². The third-order valence-electron chi connectivity index (χ3n) is 2.76. The predicted molar refractivity (Wildman–Crippen MR) is 66.4 cm³/mol. The summed E-state index contributed by atoms with van der Waals surface area (Å²) in [5, 5.41) is 21.8. The Morgan fingerprint density at radius 1 is 1.42 bits per heavy atom. The Bertz CT molecular complexity index is 622. The Labute approximate surface area is 108 Å². The number of aliphatic hydroxyl groups excluding tert-OH is 1. The van der Waals surface area contributed by atoms with E-state index >= 15 is 0 Å². The van der Waals surface area contributed by atoms with Crippen molar-refractivity contribution in [3.63, 3.8) is 0 Å². The quantitative estimate of drug-likeness (QED) is 0.881. The Morgan fingerprint density at radius 3 is 2.74 bits per heavy atom. The molecule has 5 nitrogen and oxygen atoms in total. The molecule has 0 unspecified atom stereocenters. The molecule has 1 aromatic carbocycles. The number of aromatic carboxylic acids is 1. The molecule has 1 heterocycles. The minimum atomic E-state index is -1.14. The largest absolute Gasteiger partial charge is 0.476 e. The fraction of sp³-hybridized carbons (Fsp3) is 0.231. The van der Waals surface area contributed by atoms with Gasteiger partial charge < -0.3 is 10.2 Å². The third kappa shape index (κ3) is 2.63. The lowest BCUT2D eigenvalue weighted by atomic mass is 10.1. The van der Waals surface area contributed by atoms with E-state index in [1.165, 1.54) is 16.8 Å². The molecular weight excluding hydrogens is 251 g/mol. The van der Waals surface area contributed by atoms with Gasteiger partial charge in [-0.3, -0.25) is 4.68 Å². The Hall–Kier alpha value is -2.21. The van der Waals surface area contributed by atoms with Crippen LogP contribution in [0.5, 0.6) is 0 Å². The molecule has 2 aromatic rings. The van der Waals surface area contributed by atoms with E-state index in [1.54, 1.807) is 19.1 Å². The zero-order valence-electron chi connectivity index (χ0n) is 10.3. The van der Waals surface area contributed by atoms with E-state index < -0.39 is 5.97 Å². The van der Waals surface area contributed by atoms with Crippen molar-refractivity contribution < 1.29 is 19.4 Å². The molecule has 2 rings (SSSR count). The highest BCUT2D eigenvalue weighted by Gasteiger charge is 2.15. The van der Waals surface area contributed by atoms with Gasteiger partial charge in [-0.05, 0) is 36.8 Å². The summed E-state index contributed by atoms with van der Waals surface area (Å²) < 4.78 is 14.6. The van der Waals surface area contributed by atoms with Crippen molar-refractivity contribution in [2.45, 2.75) is 13.5 Å². The molecule has 0 aliphatic carbocycles. The molecule has 0 fully saturated rings. The van der Waals surface area contributed by atoms with Gasteiger partial charge in [-0.2, -0.15) is 5.10 Å². The molecule has 0 saturated carbocycles. The number of hydrogen-bond acceptors (Lipinski definition) is 3. The fourth-order valence-electron chi connectivity index (χ4n) is 1.82. The number of aromatic nitrogens is 2. The number of rotatable bonds is 4. The van der Waals surface area contributed by atoms with E-state index in [0.29, 0.717) is 16.8 Å². The molecule has 0 amide bonds. The molecule has 0 saturated heterocycles. The van der Waals surface area contributed by atoms with Crippen LogP contribution in [0.25, 0.3) is 11.3 Å². The van der Waals surface area contributed by atoms with E-state index in [1.807, 2.05) is 0 Å². The van der Waals surface area contributed by atoms with Crippen molar-refractivity contribution in [3.05, 3.63) is 41.3 Å². The van der Waals surface area contributed by atoms with Crippen molar-refractivity contribution in [1.82, 2.24) is 9.78 Å². The second-order valence-corrected chi connectivity index (χ2v) is 4.13. The van der Waals surface area contributed by atoms with E-state index in [9.17, 15) is 9.18 Å². The van der Waals surface area contributed by atoms with Gasteiger partial charge in [0.15, 0.2) is 5.69 Å². The summed E-state index contributed by atoms with van der Waals surface area (Å²) in [5.41, 5.74) is 1.55. The zero-order valence-corrected chi connectivity index (χ0v) is 10.3. The molecule has 2 N–H and O–H groups in total. The molecule has 0 bridgehead atoms. The lowest BCUT2D eigenvalue weighted by molar-refractivity contribution is 0.0689. The van der Waals surface area contributed by atoms with E-state index in [2.05, 4.69) is 5.10 Å². The SMILES string of the molecule is Cc1cc(-c2cc(C(=O)O)nn2CCO)ccc1F. The molecule has 0 aliphatic rings. The van der Waals surface area contributed by atoms with Gasteiger partial charge >= 0.3 is 5.97 Å². The number of hydrogen-bond donors (Lipinski definition) is 2. The van der Waals surface area contributed by atoms with Crippen molar-refractivity contribution in [1.29, 1.82) is 0 Å². The van der Waals surface area contributed by atoms with Crippen LogP contribution in [-0.4, -0.2) is 32.6 Å². The number of carbonyl (C=O) groups is 1. The van der Waals surface area contributed by atoms with Crippen LogP contribution >= 0.6 is 0 Å². The van der Waals surface area contributed by atoms with Crippen LogP contribution in [-0.2, 0) is 6.54 Å². The topological polar surface area (TPSA) is 75.3 Å². The van der Waals surface area contributed by atoms with Gasteiger partial charge in [0.2, 0.25) is 0 Å². The molecule has 0 aliphatic heterocycles. The predicted octanol–water partition coefficient (Wildman–Crippen LogP) is 1.69. The van der Waals surface area contributed by atoms with Gasteiger partial charge in [-0.15, -0.1) is 0 Å². The second-order valence-electron chi connectivity index (χ2n) is 4.13. The highest BCUT2D eigenvalue weighted by molar-refractivity contribution is 5.87. The summed E-state index contributed by atoms with van der Waals surface area (Å²) in [6, 6.07) is 5.90. The van der Waals surface area contributed by atoms with Crippen molar-refractivity contribution in [3.8, 4) is 11.3 Å². The first-order valence-corrected chi connectivity index (χ1v) is 5.71. The van der Waals surface area contributed by atoms with Gasteiger partial charge in [-0.25, -0.2) is 9.18 Å². The van der Waals surface area contributed by atoms with Crippen LogP contribution in [0.1, 0.15) is 16.1 Å². The minimum Gasteiger partial charge on any atom is -0.476 e. The maximum atomic E-state index is 13.2. The third-order valence-corrected chi connectivity index (χ3v) is 2.76. The number of aliphatic hydroxyl groups is 1. The van der Waals surface area contributed by atoms with Gasteiger partial charge in [0.1, 0.15) is 5.82 Å². The summed E-state index contributed by atoms with van der Waals surface area (Å²) in [4.78, 5) is 10.9. The average Bonchev–Trinajstić information content (AvgIpc) is 2.77. The first-order valence-electron chi connectivity index (χ1n) is 5.71. The van der Waals surface area contributed by atoms with Gasteiger partial charge in [0.05, 0.1) is 18.8 Å². The molecular formula is C13H13FN2O3. The first-order chi connectivity index (χ1) is 9.02. The van der Waals surface area contributed by atoms with E-state index in [0.717, 1.165) is 0 Å². The number of aryl methyl sites for hydroxylation is 1. The molecule has 19 heavy (non-hydrogen) atoms. The van der Waals surface area contributed by atoms with Crippen LogP contribution in [0.3, 0.4) is 0 Å². The standard InChI is InChI=1S/C13H13FN2O3/c1-8-6-9(2-3-10(8)14)12-7-11(13(18)19)15-16(12)4-5-17/h2-3,6-7,17H,4-5H2,1H3,(H,18,19). The Balaban J connectivity index is 2.52. The lowest BCUT2D eigenvalue weighted by Crippen LogP contribution is -2.07. The normalized spacial score (nSPS) is 10.7. The Morgan fingerprint density at radius 2 is 2.16 bits per heavy atom. The molecule has 0 radical (unpaired) electrons. The van der Waals surface area contributed by atoms with Gasteiger partial charge in [0.25, 0.3) is 0 Å². The summed E-state index contributed by atoms with van der Waals surface area (Å²) >= 11 is 0. The number of carboxylic acid groups (broad SMARTS) is 1. The summed E-state index contributed by atoms with van der Waals surface area (Å²) in [6.45, 7) is 1.65. The number of nitrogens with zero attached hydrogens (tertiary/aromatic N) is 2. The number of carboxylic acids is 1. The van der Waals surface area contributed by atoms with Gasteiger partial charge in [0, 0.05) is 5.56 Å². The van der Waals surface area contributed by atoms with Crippen LogP contribution in [0.4, 0.5) is 4.39 Å². The Kier molecular flexibility index (Phi) is 3.62. The lowest BCUT2D eigenvalue weighted by Gasteiger charge is -2.06. The fourth-order valence-corrected chi connectivity index (χ4v) is 1.82. The second kappa shape index (κ2) is 5.19. The smallest absolute Gasteiger partial charge is 0.356 e. The monoisotopic (exact) mass is 264 g/mol. The maximum absolute atomic E-state index is 13.2. The van der Waals surface area contributed by atoms with Crippen molar-refractivity contribution in [2.75, 3.05) is 6.61 Å². The molecule has 1 aromatic heterocycles. The minimum absolute atomic E-state index is 0.106. The summed E-state index contributed by atoms with van der Waals surface area (Å²) in [7, 11) is 0. The summed E-state index contributed by atoms with van der Waals surface area (Å²) in [5.74, 6) is -1.47. The molecule has 0 spiro atoms. The zero-order chi connectivity index (χ0) is 14.0. The number of benzene rings is 1. The summed E-state index contributed by atoms with van der Waals surface area (Å²) in [6.07, 6.45) is 0. The molecule has 100 valence electrons. The van der Waals surface area contributed by atoms with Crippen LogP contribution < -0.4 is 0 Å². The van der Waals surface area contributed by atoms with Crippen LogP contribution in [0.15, 0.2) is 24.3 Å². The highest BCUT2D eigenvalue weighted by Crippen LogP contribution is 2.23. The van der Waals surface area contributed by atoms with Gasteiger partial charge in [-0.1, -0.05) is 0 Å². The average molecular weight is 264 g/mol. The van der Waals surface area contributed by atoms with E-state index in [-0.39, 0.29) is 24.7 Å². The van der Waals surface area contributed by atoms with E-state index in [4.69, 9.17) is 10.2 Å². The van der Waals surface area contributed by atoms with Crippen molar-refractivity contribution in [2.24, 2.45) is 0 Å². The molecule has 6 heteroatoms. The maximum Gasteiger partial charge on any atom is 0.356 e. The van der Waals surface area contributed by atoms with Crippen molar-refractivity contribution >= 4 is 5.97 Å². The first kappa shape index (κ1) is 13.2. The number of halogens is 1. The van der Waals surface area contributed by atoms with Crippen LogP contribution in [0.2, 0.25) is 0 Å². The molecule has 0 atom stereocenters.